The monoisotopic (exact) mass is 304 g/mol. The van der Waals surface area contributed by atoms with Gasteiger partial charge in [0.1, 0.15) is 0 Å². The SMILES string of the molecule is Cc1cncc(C(=O)N2CCC3(CC2)CC(C)(O)CCO3)c1. The van der Waals surface area contributed by atoms with Crippen molar-refractivity contribution in [2.45, 2.75) is 50.7 Å². The Bertz CT molecular complexity index is 563. The lowest BCUT2D eigenvalue weighted by molar-refractivity contribution is -0.170. The van der Waals surface area contributed by atoms with E-state index in [1.165, 1.54) is 0 Å². The molecule has 1 atom stereocenters. The predicted octanol–water partition coefficient (Wildman–Crippen LogP) is 1.93. The molecule has 3 heterocycles. The summed E-state index contributed by atoms with van der Waals surface area (Å²) < 4.78 is 5.98. The Morgan fingerprint density at radius 1 is 1.32 bits per heavy atom. The number of amides is 1. The van der Waals surface area contributed by atoms with Crippen LogP contribution in [0.5, 0.6) is 0 Å². The Kier molecular flexibility index (Phi) is 3.95. The molecule has 1 aromatic rings. The maximum absolute atomic E-state index is 12.5. The molecule has 120 valence electrons. The number of rotatable bonds is 1. The van der Waals surface area contributed by atoms with Crippen molar-refractivity contribution in [2.75, 3.05) is 19.7 Å². The fourth-order valence-corrected chi connectivity index (χ4v) is 3.61. The van der Waals surface area contributed by atoms with Crippen LogP contribution >= 0.6 is 0 Å². The van der Waals surface area contributed by atoms with Crippen LogP contribution in [0.1, 0.15) is 48.5 Å². The molecule has 0 aliphatic carbocycles. The van der Waals surface area contributed by atoms with E-state index in [1.807, 2.05) is 24.8 Å². The number of likely N-dealkylation sites (tertiary alicyclic amines) is 1. The highest BCUT2D eigenvalue weighted by atomic mass is 16.5. The maximum atomic E-state index is 12.5. The molecule has 1 N–H and O–H groups in total. The van der Waals surface area contributed by atoms with Crippen LogP contribution in [0.15, 0.2) is 18.5 Å². The van der Waals surface area contributed by atoms with Crippen molar-refractivity contribution in [3.63, 3.8) is 0 Å². The fourth-order valence-electron chi connectivity index (χ4n) is 3.61. The number of hydrogen-bond acceptors (Lipinski definition) is 4. The molecule has 2 fully saturated rings. The average Bonchev–Trinajstić information content (AvgIpc) is 2.46. The second kappa shape index (κ2) is 5.63. The zero-order chi connectivity index (χ0) is 15.8. The molecule has 0 aromatic carbocycles. The number of aromatic nitrogens is 1. The van der Waals surface area contributed by atoms with Crippen LogP contribution in [0.25, 0.3) is 0 Å². The lowest BCUT2D eigenvalue weighted by atomic mass is 9.78. The molecule has 1 spiro atoms. The second-order valence-corrected chi connectivity index (χ2v) is 7.00. The first-order valence-corrected chi connectivity index (χ1v) is 7.97. The molecule has 0 saturated carbocycles. The normalized spacial score (nSPS) is 27.9. The number of hydrogen-bond donors (Lipinski definition) is 1. The first-order chi connectivity index (χ1) is 10.4. The lowest BCUT2D eigenvalue weighted by Gasteiger charge is -2.48. The minimum Gasteiger partial charge on any atom is -0.390 e. The molecular weight excluding hydrogens is 280 g/mol. The third-order valence-electron chi connectivity index (χ3n) is 4.84. The van der Waals surface area contributed by atoms with Crippen LogP contribution in [0.4, 0.5) is 0 Å². The molecule has 2 saturated heterocycles. The maximum Gasteiger partial charge on any atom is 0.255 e. The van der Waals surface area contributed by atoms with Gasteiger partial charge in [-0.2, -0.15) is 0 Å². The van der Waals surface area contributed by atoms with Gasteiger partial charge >= 0.3 is 0 Å². The van der Waals surface area contributed by atoms with E-state index in [4.69, 9.17) is 4.74 Å². The number of aryl methyl sites for hydroxylation is 1. The van der Waals surface area contributed by atoms with E-state index in [-0.39, 0.29) is 11.5 Å². The molecule has 2 aliphatic heterocycles. The number of nitrogens with zero attached hydrogens (tertiary/aromatic N) is 2. The van der Waals surface area contributed by atoms with Crippen LogP contribution < -0.4 is 0 Å². The molecule has 2 aliphatic rings. The van der Waals surface area contributed by atoms with Gasteiger partial charge in [0.2, 0.25) is 0 Å². The number of piperidine rings is 1. The highest BCUT2D eigenvalue weighted by molar-refractivity contribution is 5.94. The molecule has 22 heavy (non-hydrogen) atoms. The highest BCUT2D eigenvalue weighted by Gasteiger charge is 2.44. The Hall–Kier alpha value is -1.46. The summed E-state index contributed by atoms with van der Waals surface area (Å²) in [5.74, 6) is 0.0358. The zero-order valence-electron chi connectivity index (χ0n) is 13.3. The Morgan fingerprint density at radius 2 is 2.05 bits per heavy atom. The molecule has 1 amide bonds. The third-order valence-corrected chi connectivity index (χ3v) is 4.84. The number of pyridine rings is 1. The van der Waals surface area contributed by atoms with Crippen molar-refractivity contribution < 1.29 is 14.6 Å². The van der Waals surface area contributed by atoms with E-state index < -0.39 is 5.60 Å². The molecule has 1 unspecified atom stereocenters. The first-order valence-electron chi connectivity index (χ1n) is 7.97. The quantitative estimate of drug-likeness (QED) is 0.861. The van der Waals surface area contributed by atoms with Gasteiger partial charge in [-0.15, -0.1) is 0 Å². The van der Waals surface area contributed by atoms with Crippen molar-refractivity contribution in [1.29, 1.82) is 0 Å². The number of carbonyl (C=O) groups is 1. The van der Waals surface area contributed by atoms with Crippen LogP contribution in [0.2, 0.25) is 0 Å². The Morgan fingerprint density at radius 3 is 2.68 bits per heavy atom. The number of aliphatic hydroxyl groups is 1. The third kappa shape index (κ3) is 3.15. The minimum atomic E-state index is -0.648. The summed E-state index contributed by atoms with van der Waals surface area (Å²) in [5.41, 5.74) is 0.729. The fraction of sp³-hybridized carbons (Fsp3) is 0.647. The molecular formula is C17H24N2O3. The van der Waals surface area contributed by atoms with Gasteiger partial charge in [0.15, 0.2) is 0 Å². The predicted molar refractivity (Wildman–Crippen MR) is 82.7 cm³/mol. The number of carbonyl (C=O) groups excluding carboxylic acids is 1. The van der Waals surface area contributed by atoms with Crippen molar-refractivity contribution in [3.8, 4) is 0 Å². The Labute approximate surface area is 131 Å². The van der Waals surface area contributed by atoms with Gasteiger partial charge in [-0.05, 0) is 44.7 Å². The van der Waals surface area contributed by atoms with E-state index in [9.17, 15) is 9.90 Å². The molecule has 0 bridgehead atoms. The van der Waals surface area contributed by atoms with E-state index in [0.717, 1.165) is 18.4 Å². The van der Waals surface area contributed by atoms with Gasteiger partial charge in [0.25, 0.3) is 5.91 Å². The smallest absolute Gasteiger partial charge is 0.255 e. The molecule has 1 aromatic heterocycles. The standard InChI is InChI=1S/C17H24N2O3/c1-13-9-14(11-18-10-13)15(20)19-6-3-17(4-7-19)12-16(2,21)5-8-22-17/h9-11,21H,3-8,12H2,1-2H3. The first kappa shape index (κ1) is 15.4. The van der Waals surface area contributed by atoms with E-state index in [2.05, 4.69) is 4.98 Å². The molecule has 5 heteroatoms. The van der Waals surface area contributed by atoms with Crippen molar-refractivity contribution in [3.05, 3.63) is 29.6 Å². The minimum absolute atomic E-state index is 0.0358. The largest absolute Gasteiger partial charge is 0.390 e. The van der Waals surface area contributed by atoms with Crippen LogP contribution in [0, 0.1) is 6.92 Å². The van der Waals surface area contributed by atoms with Gasteiger partial charge in [-0.25, -0.2) is 0 Å². The Balaban J connectivity index is 1.65. The summed E-state index contributed by atoms with van der Waals surface area (Å²) in [6.45, 7) is 5.76. The summed E-state index contributed by atoms with van der Waals surface area (Å²) in [6.07, 6.45) is 6.30. The summed E-state index contributed by atoms with van der Waals surface area (Å²) in [4.78, 5) is 18.5. The summed E-state index contributed by atoms with van der Waals surface area (Å²) in [7, 11) is 0. The van der Waals surface area contributed by atoms with E-state index in [0.29, 0.717) is 38.1 Å². The van der Waals surface area contributed by atoms with Gasteiger partial charge in [0.05, 0.1) is 23.4 Å². The van der Waals surface area contributed by atoms with Crippen LogP contribution in [-0.4, -0.2) is 51.8 Å². The van der Waals surface area contributed by atoms with E-state index in [1.54, 1.807) is 12.4 Å². The number of ether oxygens (including phenoxy) is 1. The van der Waals surface area contributed by atoms with Crippen molar-refractivity contribution in [2.24, 2.45) is 0 Å². The van der Waals surface area contributed by atoms with Gasteiger partial charge in [0, 0.05) is 31.9 Å². The summed E-state index contributed by atoms with van der Waals surface area (Å²) in [6, 6.07) is 1.88. The molecule has 5 nitrogen and oxygen atoms in total. The molecule has 0 radical (unpaired) electrons. The summed E-state index contributed by atoms with van der Waals surface area (Å²) in [5, 5.41) is 10.3. The van der Waals surface area contributed by atoms with Crippen molar-refractivity contribution >= 4 is 5.91 Å². The van der Waals surface area contributed by atoms with Crippen LogP contribution in [0.3, 0.4) is 0 Å². The van der Waals surface area contributed by atoms with Crippen LogP contribution in [-0.2, 0) is 4.74 Å². The van der Waals surface area contributed by atoms with Gasteiger partial charge in [-0.1, -0.05) is 0 Å². The van der Waals surface area contributed by atoms with Crippen molar-refractivity contribution in [1.82, 2.24) is 9.88 Å². The summed E-state index contributed by atoms with van der Waals surface area (Å²) >= 11 is 0. The van der Waals surface area contributed by atoms with Gasteiger partial charge < -0.3 is 14.7 Å². The highest BCUT2D eigenvalue weighted by Crippen LogP contribution is 2.39. The second-order valence-electron chi connectivity index (χ2n) is 7.00. The zero-order valence-corrected chi connectivity index (χ0v) is 13.3. The molecule has 3 rings (SSSR count). The van der Waals surface area contributed by atoms with E-state index >= 15 is 0 Å². The topological polar surface area (TPSA) is 62.7 Å². The lowest BCUT2D eigenvalue weighted by Crippen LogP contribution is -2.54. The van der Waals surface area contributed by atoms with Gasteiger partial charge in [-0.3, -0.25) is 9.78 Å². The average molecular weight is 304 g/mol.